The van der Waals surface area contributed by atoms with E-state index in [2.05, 4.69) is 22.7 Å². The molecule has 1 N–H and O–H groups in total. The third-order valence-electron chi connectivity index (χ3n) is 0.382. The van der Waals surface area contributed by atoms with E-state index in [4.69, 9.17) is 10.6 Å². The molecule has 0 aromatic carbocycles. The Labute approximate surface area is 50.3 Å². The molecule has 0 spiro atoms. The zero-order valence-electron chi connectivity index (χ0n) is 3.72. The fraction of sp³-hybridized carbons (Fsp3) is 0.500. The van der Waals surface area contributed by atoms with Crippen LogP contribution in [0.5, 0.6) is 0 Å². The van der Waals surface area contributed by atoms with E-state index < -0.39 is 11.3 Å². The summed E-state index contributed by atoms with van der Waals surface area (Å²) in [4.78, 5) is 12.0. The first kappa shape index (κ1) is 7.13. The number of rotatable bonds is 2. The van der Waals surface area contributed by atoms with E-state index in [0.29, 0.717) is 0 Å². The van der Waals surface area contributed by atoms with Gasteiger partial charge in [0, 0.05) is 4.91 Å². The highest BCUT2D eigenvalue weighted by molar-refractivity contribution is 7.81. The summed E-state index contributed by atoms with van der Waals surface area (Å²) in [7, 11) is 0. The Morgan fingerprint density at radius 3 is 2.62 bits per heavy atom. The van der Waals surface area contributed by atoms with Crippen LogP contribution in [0.2, 0.25) is 0 Å². The molecule has 0 aliphatic heterocycles. The number of nitrogens with zero attached hydrogens (tertiary/aromatic N) is 3. The molecule has 0 amide bonds. The minimum atomic E-state index is -1.26. The van der Waals surface area contributed by atoms with Gasteiger partial charge in [-0.05, 0) is 5.53 Å². The fourth-order valence-corrected chi connectivity index (χ4v) is 0.144. The summed E-state index contributed by atoms with van der Waals surface area (Å²) in [5, 5.41) is 9.48. The lowest BCUT2D eigenvalue weighted by molar-refractivity contribution is -0.136. The summed E-state index contributed by atoms with van der Waals surface area (Å²) < 4.78 is 0. The average molecular weight is 133 g/mol. The van der Waals surface area contributed by atoms with Crippen molar-refractivity contribution in [3.05, 3.63) is 10.4 Å². The number of carboxylic acid groups (broad SMARTS) is 1. The van der Waals surface area contributed by atoms with Gasteiger partial charge < -0.3 is 5.11 Å². The van der Waals surface area contributed by atoms with E-state index in [0.717, 1.165) is 0 Å². The number of azide groups is 1. The second-order valence-corrected chi connectivity index (χ2v) is 1.41. The molecule has 8 heavy (non-hydrogen) atoms. The molecule has 6 heteroatoms. The lowest BCUT2D eigenvalue weighted by atomic mass is 10.7. The highest BCUT2D eigenvalue weighted by atomic mass is 32.1. The number of aliphatic carboxylic acids is 1. The summed E-state index contributed by atoms with van der Waals surface area (Å²) in [5.41, 5.74) is 7.63. The van der Waals surface area contributed by atoms with Gasteiger partial charge in [0.25, 0.3) is 0 Å². The molecule has 0 radical (unpaired) electrons. The van der Waals surface area contributed by atoms with Gasteiger partial charge in [0.2, 0.25) is 0 Å². The second kappa shape index (κ2) is 3.17. The highest BCUT2D eigenvalue weighted by Gasteiger charge is 2.06. The Bertz CT molecular complexity index is 138. The summed E-state index contributed by atoms with van der Waals surface area (Å²) in [6.45, 7) is 0. The molecule has 0 aromatic rings. The zero-order chi connectivity index (χ0) is 6.57. The van der Waals surface area contributed by atoms with Crippen LogP contribution in [-0.2, 0) is 4.79 Å². The standard InChI is InChI=1S/C2H3N3O2S/c3-5-4-1(8)2(6)7/h1,8H,(H,6,7). The largest absolute Gasteiger partial charge is 0.480 e. The van der Waals surface area contributed by atoms with E-state index in [9.17, 15) is 4.79 Å². The Kier molecular flexibility index (Phi) is 2.83. The Morgan fingerprint density at radius 1 is 2.00 bits per heavy atom. The predicted molar refractivity (Wildman–Crippen MR) is 29.6 cm³/mol. The lowest BCUT2D eigenvalue weighted by Crippen LogP contribution is -2.08. The molecule has 0 saturated heterocycles. The predicted octanol–water partition coefficient (Wildman–Crippen LogP) is 0.637. The van der Waals surface area contributed by atoms with Gasteiger partial charge in [0.05, 0.1) is 0 Å². The molecule has 44 valence electrons. The van der Waals surface area contributed by atoms with Crippen molar-refractivity contribution in [1.29, 1.82) is 0 Å². The van der Waals surface area contributed by atoms with Crippen LogP contribution >= 0.6 is 12.6 Å². The quantitative estimate of drug-likeness (QED) is 0.250. The molecule has 0 fully saturated rings. The number of carbonyl (C=O) groups is 1. The first-order valence-electron chi connectivity index (χ1n) is 1.63. The monoisotopic (exact) mass is 133 g/mol. The molecule has 0 aliphatic carbocycles. The minimum Gasteiger partial charge on any atom is -0.480 e. The van der Waals surface area contributed by atoms with Gasteiger partial charge in [-0.25, -0.2) is 0 Å². The molecule has 5 nitrogen and oxygen atoms in total. The van der Waals surface area contributed by atoms with Crippen LogP contribution in [0.4, 0.5) is 0 Å². The van der Waals surface area contributed by atoms with Crippen LogP contribution in [0.15, 0.2) is 5.11 Å². The fourth-order valence-electron chi connectivity index (χ4n) is 0.0983. The number of hydrogen-bond donors (Lipinski definition) is 2. The van der Waals surface area contributed by atoms with Crippen LogP contribution < -0.4 is 0 Å². The van der Waals surface area contributed by atoms with Gasteiger partial charge in [-0.3, -0.25) is 4.79 Å². The SMILES string of the molecule is [N-]=[N+]=NC(S)C(=O)O. The number of hydrogen-bond acceptors (Lipinski definition) is 3. The molecular weight excluding hydrogens is 130 g/mol. The number of thiol groups is 1. The molecule has 0 bridgehead atoms. The normalized spacial score (nSPS) is 11.6. The maximum atomic E-state index is 9.75. The van der Waals surface area contributed by atoms with Gasteiger partial charge in [0.15, 0.2) is 5.37 Å². The van der Waals surface area contributed by atoms with Crippen molar-refractivity contribution in [3.63, 3.8) is 0 Å². The van der Waals surface area contributed by atoms with Crippen molar-refractivity contribution in [1.82, 2.24) is 0 Å². The molecule has 1 atom stereocenters. The van der Waals surface area contributed by atoms with E-state index >= 15 is 0 Å². The van der Waals surface area contributed by atoms with Gasteiger partial charge in [-0.1, -0.05) is 5.11 Å². The van der Waals surface area contributed by atoms with Crippen LogP contribution in [-0.4, -0.2) is 16.4 Å². The third-order valence-corrected chi connectivity index (χ3v) is 0.706. The van der Waals surface area contributed by atoms with Gasteiger partial charge in [-0.2, -0.15) is 12.6 Å². The van der Waals surface area contributed by atoms with Crippen molar-refractivity contribution < 1.29 is 9.90 Å². The van der Waals surface area contributed by atoms with Gasteiger partial charge in [-0.15, -0.1) is 0 Å². The molecule has 0 aromatic heterocycles. The minimum absolute atomic E-state index is 1.24. The van der Waals surface area contributed by atoms with E-state index in [1.807, 2.05) is 0 Å². The van der Waals surface area contributed by atoms with Crippen molar-refractivity contribution in [2.75, 3.05) is 0 Å². The van der Waals surface area contributed by atoms with E-state index in [1.165, 1.54) is 0 Å². The lowest BCUT2D eigenvalue weighted by Gasteiger charge is -1.89. The zero-order valence-corrected chi connectivity index (χ0v) is 4.62. The highest BCUT2D eigenvalue weighted by Crippen LogP contribution is 1.94. The summed E-state index contributed by atoms with van der Waals surface area (Å²) in [6, 6.07) is 0. The molecule has 1 unspecified atom stereocenters. The third kappa shape index (κ3) is 2.33. The van der Waals surface area contributed by atoms with Crippen molar-refractivity contribution in [3.8, 4) is 0 Å². The Balaban J connectivity index is 3.82. The van der Waals surface area contributed by atoms with E-state index in [-0.39, 0.29) is 0 Å². The summed E-state index contributed by atoms with van der Waals surface area (Å²) in [5.74, 6) is -1.24. The molecule has 0 heterocycles. The first-order valence-corrected chi connectivity index (χ1v) is 2.15. The molecule has 0 aliphatic rings. The van der Waals surface area contributed by atoms with Crippen LogP contribution in [0.1, 0.15) is 0 Å². The topological polar surface area (TPSA) is 86.1 Å². The maximum Gasteiger partial charge on any atom is 0.322 e. The Morgan fingerprint density at radius 2 is 2.50 bits per heavy atom. The molecule has 0 saturated carbocycles. The molecular formula is C2H3N3O2S. The van der Waals surface area contributed by atoms with E-state index in [1.54, 1.807) is 0 Å². The first-order chi connectivity index (χ1) is 3.68. The van der Waals surface area contributed by atoms with Crippen LogP contribution in [0.25, 0.3) is 10.4 Å². The van der Waals surface area contributed by atoms with Crippen molar-refractivity contribution >= 4 is 18.6 Å². The summed E-state index contributed by atoms with van der Waals surface area (Å²) >= 11 is 3.39. The van der Waals surface area contributed by atoms with Gasteiger partial charge in [0.1, 0.15) is 0 Å². The van der Waals surface area contributed by atoms with Crippen LogP contribution in [0.3, 0.4) is 0 Å². The number of carboxylic acids is 1. The van der Waals surface area contributed by atoms with Crippen molar-refractivity contribution in [2.45, 2.75) is 5.37 Å². The second-order valence-electron chi connectivity index (χ2n) is 0.917. The smallest absolute Gasteiger partial charge is 0.322 e. The van der Waals surface area contributed by atoms with Gasteiger partial charge >= 0.3 is 5.97 Å². The average Bonchev–Trinajstić information content (AvgIpc) is 1.67. The van der Waals surface area contributed by atoms with Crippen molar-refractivity contribution in [2.24, 2.45) is 5.11 Å². The maximum absolute atomic E-state index is 9.75. The summed E-state index contributed by atoms with van der Waals surface area (Å²) in [6.07, 6.45) is 0. The Hall–Kier alpha value is -0.870. The van der Waals surface area contributed by atoms with Crippen LogP contribution in [0, 0.1) is 0 Å². The molecule has 0 rings (SSSR count).